The van der Waals surface area contributed by atoms with Crippen molar-refractivity contribution in [3.05, 3.63) is 0 Å². The van der Waals surface area contributed by atoms with E-state index >= 15 is 0 Å². The molecule has 0 aliphatic heterocycles. The van der Waals surface area contributed by atoms with Gasteiger partial charge in [-0.25, -0.2) is 0 Å². The van der Waals surface area contributed by atoms with Gasteiger partial charge in [-0.1, -0.05) is 20.8 Å². The van der Waals surface area contributed by atoms with Crippen molar-refractivity contribution >= 4 is 0 Å². The van der Waals surface area contributed by atoms with Crippen LogP contribution >= 0.6 is 0 Å². The fraction of sp³-hybridized carbons (Fsp3) is 1.00. The summed E-state index contributed by atoms with van der Waals surface area (Å²) in [5, 5.41) is 10.3. The molecule has 4 saturated carbocycles. The molecule has 0 radical (unpaired) electrons. The van der Waals surface area contributed by atoms with Crippen LogP contribution in [0.15, 0.2) is 0 Å². The lowest BCUT2D eigenvalue weighted by Crippen LogP contribution is -2.50. The fourth-order valence-electron chi connectivity index (χ4n) is 8.14. The van der Waals surface area contributed by atoms with Crippen LogP contribution in [0.5, 0.6) is 0 Å². The molecule has 4 aliphatic rings. The minimum absolute atomic E-state index is 0.103. The van der Waals surface area contributed by atoms with Gasteiger partial charge in [0.25, 0.3) is 0 Å². The molecule has 0 amide bonds. The smallest absolute Gasteiger partial charge is 0.0545 e. The lowest BCUT2D eigenvalue weighted by molar-refractivity contribution is -0.0879. The molecule has 23 heavy (non-hydrogen) atoms. The summed E-state index contributed by atoms with van der Waals surface area (Å²) < 4.78 is 0. The van der Waals surface area contributed by atoms with Crippen molar-refractivity contribution in [2.24, 2.45) is 46.3 Å². The second-order valence-corrected chi connectivity index (χ2v) is 10.8. The van der Waals surface area contributed by atoms with Crippen LogP contribution in [0.4, 0.5) is 0 Å². The van der Waals surface area contributed by atoms with Gasteiger partial charge in [0.1, 0.15) is 0 Å². The van der Waals surface area contributed by atoms with Crippen molar-refractivity contribution in [3.8, 4) is 0 Å². The van der Waals surface area contributed by atoms with Gasteiger partial charge in [-0.2, -0.15) is 0 Å². The number of rotatable bonds is 1. The molecule has 0 bridgehead atoms. The molecule has 132 valence electrons. The van der Waals surface area contributed by atoms with Crippen LogP contribution in [0.25, 0.3) is 0 Å². The van der Waals surface area contributed by atoms with Crippen LogP contribution in [0, 0.1) is 46.3 Å². The molecular formula is C22H38O. The highest BCUT2D eigenvalue weighted by Crippen LogP contribution is 2.65. The van der Waals surface area contributed by atoms with Crippen LogP contribution in [0.2, 0.25) is 0 Å². The highest BCUT2D eigenvalue weighted by molar-refractivity contribution is 5.07. The predicted octanol–water partition coefficient (Wildman–Crippen LogP) is 5.66. The van der Waals surface area contributed by atoms with E-state index in [0.717, 1.165) is 29.6 Å². The van der Waals surface area contributed by atoms with Crippen LogP contribution in [-0.4, -0.2) is 11.2 Å². The molecule has 0 saturated heterocycles. The van der Waals surface area contributed by atoms with Gasteiger partial charge < -0.3 is 5.11 Å². The molecule has 0 aromatic carbocycles. The Morgan fingerprint density at radius 1 is 0.826 bits per heavy atom. The van der Waals surface area contributed by atoms with Gasteiger partial charge in [0, 0.05) is 0 Å². The summed E-state index contributed by atoms with van der Waals surface area (Å²) >= 11 is 0. The molecule has 1 unspecified atom stereocenters. The predicted molar refractivity (Wildman–Crippen MR) is 96.1 cm³/mol. The lowest BCUT2D eigenvalue weighted by Gasteiger charge is -2.57. The van der Waals surface area contributed by atoms with Gasteiger partial charge in [0.15, 0.2) is 0 Å². The number of aliphatic hydroxyl groups excluding tert-OH is 1. The first-order chi connectivity index (χ1) is 10.8. The Balaban J connectivity index is 1.54. The Morgan fingerprint density at radius 2 is 1.57 bits per heavy atom. The summed E-state index contributed by atoms with van der Waals surface area (Å²) in [5.74, 6) is 5.55. The minimum Gasteiger partial charge on any atom is -0.393 e. The fourth-order valence-corrected chi connectivity index (χ4v) is 8.14. The van der Waals surface area contributed by atoms with Gasteiger partial charge in [0.2, 0.25) is 0 Å². The normalized spacial score (nSPS) is 53.1. The van der Waals surface area contributed by atoms with Gasteiger partial charge in [-0.3, -0.25) is 0 Å². The van der Waals surface area contributed by atoms with Crippen molar-refractivity contribution in [2.75, 3.05) is 0 Å². The zero-order valence-corrected chi connectivity index (χ0v) is 15.9. The van der Waals surface area contributed by atoms with Crippen molar-refractivity contribution < 1.29 is 5.11 Å². The van der Waals surface area contributed by atoms with Crippen LogP contribution in [-0.2, 0) is 0 Å². The van der Waals surface area contributed by atoms with E-state index in [1.807, 2.05) is 6.92 Å². The Kier molecular flexibility index (Phi) is 3.91. The van der Waals surface area contributed by atoms with Crippen LogP contribution < -0.4 is 0 Å². The van der Waals surface area contributed by atoms with E-state index in [9.17, 15) is 5.11 Å². The zero-order chi connectivity index (χ0) is 16.4. The van der Waals surface area contributed by atoms with Crippen molar-refractivity contribution in [2.45, 2.75) is 91.6 Å². The number of hydrogen-bond acceptors (Lipinski definition) is 1. The second-order valence-electron chi connectivity index (χ2n) is 10.8. The van der Waals surface area contributed by atoms with E-state index in [1.54, 1.807) is 0 Å². The zero-order valence-electron chi connectivity index (χ0n) is 15.9. The van der Waals surface area contributed by atoms with Gasteiger partial charge in [0.05, 0.1) is 6.10 Å². The van der Waals surface area contributed by atoms with Crippen molar-refractivity contribution in [1.29, 1.82) is 0 Å². The summed E-state index contributed by atoms with van der Waals surface area (Å²) in [7, 11) is 0. The molecule has 4 rings (SSSR count). The summed E-state index contributed by atoms with van der Waals surface area (Å²) in [4.78, 5) is 0. The molecule has 4 fully saturated rings. The third-order valence-corrected chi connectivity index (χ3v) is 9.14. The topological polar surface area (TPSA) is 20.2 Å². The molecule has 1 N–H and O–H groups in total. The summed E-state index contributed by atoms with van der Waals surface area (Å²) in [5.41, 5.74) is 1.04. The SMILES string of the molecule is CC(O)[C@H]1CC[C@H]2[C@@H]3CC[C@H]4CC(C)(C)CC[C@@H]4[C@H]3CC[C@]12C. The molecule has 4 aliphatic carbocycles. The lowest BCUT2D eigenvalue weighted by atomic mass is 9.48. The summed E-state index contributed by atoms with van der Waals surface area (Å²) in [6.07, 6.45) is 12.9. The average Bonchev–Trinajstić information content (AvgIpc) is 2.83. The van der Waals surface area contributed by atoms with Gasteiger partial charge in [-0.15, -0.1) is 0 Å². The third-order valence-electron chi connectivity index (χ3n) is 9.14. The molecule has 1 nitrogen and oxygen atoms in total. The van der Waals surface area contributed by atoms with Crippen LogP contribution in [0.3, 0.4) is 0 Å². The van der Waals surface area contributed by atoms with E-state index in [0.29, 0.717) is 16.7 Å². The van der Waals surface area contributed by atoms with Crippen molar-refractivity contribution in [1.82, 2.24) is 0 Å². The Morgan fingerprint density at radius 3 is 2.30 bits per heavy atom. The number of aliphatic hydroxyl groups is 1. The second kappa shape index (κ2) is 5.48. The molecule has 0 spiro atoms. The van der Waals surface area contributed by atoms with E-state index in [2.05, 4.69) is 20.8 Å². The third kappa shape index (κ3) is 2.52. The maximum Gasteiger partial charge on any atom is 0.0545 e. The first-order valence-corrected chi connectivity index (χ1v) is 10.5. The molecule has 0 aromatic rings. The maximum atomic E-state index is 10.3. The molecular weight excluding hydrogens is 280 g/mol. The monoisotopic (exact) mass is 318 g/mol. The Bertz CT molecular complexity index is 453. The van der Waals surface area contributed by atoms with Crippen molar-refractivity contribution in [3.63, 3.8) is 0 Å². The number of fused-ring (bicyclic) bond motifs is 5. The minimum atomic E-state index is -0.103. The largest absolute Gasteiger partial charge is 0.393 e. The molecule has 1 heteroatoms. The highest BCUT2D eigenvalue weighted by Gasteiger charge is 2.57. The van der Waals surface area contributed by atoms with E-state index in [4.69, 9.17) is 0 Å². The van der Waals surface area contributed by atoms with E-state index in [1.165, 1.54) is 57.8 Å². The molecule has 8 atom stereocenters. The average molecular weight is 319 g/mol. The summed E-state index contributed by atoms with van der Waals surface area (Å²) in [6.45, 7) is 9.58. The first kappa shape index (κ1) is 16.4. The van der Waals surface area contributed by atoms with Gasteiger partial charge >= 0.3 is 0 Å². The highest BCUT2D eigenvalue weighted by atomic mass is 16.3. The molecule has 0 heterocycles. The number of hydrogen-bond donors (Lipinski definition) is 1. The standard InChI is InChI=1S/C22H38O/c1-14(23)19-7-8-20-18-6-5-15-13-21(2,3)11-9-16(15)17(18)10-12-22(19,20)4/h14-20,23H,5-13H2,1-4H3/t14?,15-,16-,17+,18+,19+,20-,22+/m0/s1. The van der Waals surface area contributed by atoms with E-state index in [-0.39, 0.29) is 6.10 Å². The summed E-state index contributed by atoms with van der Waals surface area (Å²) in [6, 6.07) is 0. The van der Waals surface area contributed by atoms with Gasteiger partial charge in [-0.05, 0) is 111 Å². The Hall–Kier alpha value is -0.0400. The molecule has 0 aromatic heterocycles. The quantitative estimate of drug-likeness (QED) is 0.661. The first-order valence-electron chi connectivity index (χ1n) is 10.5. The van der Waals surface area contributed by atoms with E-state index < -0.39 is 0 Å². The van der Waals surface area contributed by atoms with Crippen LogP contribution in [0.1, 0.15) is 85.5 Å². The Labute approximate surface area is 143 Å². The maximum absolute atomic E-state index is 10.3.